The van der Waals surface area contributed by atoms with Crippen molar-refractivity contribution in [3.05, 3.63) is 32.4 Å². The largest absolute Gasteiger partial charge is 0.391 e. The van der Waals surface area contributed by atoms with Crippen molar-refractivity contribution in [2.24, 2.45) is 0 Å². The number of piperidine rings is 1. The summed E-state index contributed by atoms with van der Waals surface area (Å²) in [5.41, 5.74) is 0.433. The van der Waals surface area contributed by atoms with E-state index in [1.54, 1.807) is 11.8 Å². The topological polar surface area (TPSA) is 84.2 Å². The van der Waals surface area contributed by atoms with Crippen LogP contribution >= 0.6 is 34.4 Å². The molecule has 1 fully saturated rings. The fourth-order valence-electron chi connectivity index (χ4n) is 3.07. The van der Waals surface area contributed by atoms with E-state index in [-0.39, 0.29) is 30.3 Å². The van der Waals surface area contributed by atoms with Gasteiger partial charge in [0.15, 0.2) is 5.78 Å². The first kappa shape index (κ1) is 18.8. The highest BCUT2D eigenvalue weighted by Gasteiger charge is 2.25. The smallest absolute Gasteiger partial charge is 0.261 e. The van der Waals surface area contributed by atoms with E-state index < -0.39 is 6.10 Å². The summed E-state index contributed by atoms with van der Waals surface area (Å²) in [4.78, 5) is 30.4. The van der Waals surface area contributed by atoms with Crippen LogP contribution in [0.4, 0.5) is 0 Å². The molecular formula is C17H20IN3O3S. The van der Waals surface area contributed by atoms with Crippen LogP contribution in [-0.4, -0.2) is 45.4 Å². The van der Waals surface area contributed by atoms with Gasteiger partial charge in [-0.05, 0) is 60.4 Å². The molecule has 1 aromatic carbocycles. The number of carbonyl (C=O) groups excluding carboxylic acids is 1. The lowest BCUT2D eigenvalue weighted by atomic mass is 9.97. The first-order chi connectivity index (χ1) is 12.0. The zero-order valence-corrected chi connectivity index (χ0v) is 16.8. The van der Waals surface area contributed by atoms with Gasteiger partial charge in [-0.15, -0.1) is 11.8 Å². The van der Waals surface area contributed by atoms with Crippen LogP contribution in [0.15, 0.2) is 28.2 Å². The molecular weight excluding hydrogens is 453 g/mol. The summed E-state index contributed by atoms with van der Waals surface area (Å²) in [6, 6.07) is 3.50. The summed E-state index contributed by atoms with van der Waals surface area (Å²) in [6.45, 7) is 0.788. The number of aliphatic hydroxyl groups is 1. The maximum Gasteiger partial charge on any atom is 0.261 e. The summed E-state index contributed by atoms with van der Waals surface area (Å²) < 4.78 is 2.41. The highest BCUT2D eigenvalue weighted by molar-refractivity contribution is 14.1. The van der Waals surface area contributed by atoms with Gasteiger partial charge in [0.25, 0.3) is 5.56 Å². The summed E-state index contributed by atoms with van der Waals surface area (Å²) in [5, 5.41) is 13.7. The molecule has 6 nitrogen and oxygen atoms in total. The number of thioether (sulfide) groups is 1. The number of nitrogens with zero attached hydrogens (tertiary/aromatic N) is 2. The van der Waals surface area contributed by atoms with Gasteiger partial charge >= 0.3 is 0 Å². The van der Waals surface area contributed by atoms with E-state index in [4.69, 9.17) is 0 Å². The number of rotatable bonds is 5. The molecule has 0 saturated carbocycles. The van der Waals surface area contributed by atoms with Gasteiger partial charge in [-0.3, -0.25) is 14.2 Å². The van der Waals surface area contributed by atoms with Crippen LogP contribution in [0, 0.1) is 3.57 Å². The van der Waals surface area contributed by atoms with E-state index in [0.717, 1.165) is 21.4 Å². The van der Waals surface area contributed by atoms with Crippen LogP contribution in [0.25, 0.3) is 10.9 Å². The van der Waals surface area contributed by atoms with Crippen LogP contribution in [0.2, 0.25) is 0 Å². The number of hydrogen-bond acceptors (Lipinski definition) is 6. The van der Waals surface area contributed by atoms with Crippen molar-refractivity contribution in [3.63, 3.8) is 0 Å². The molecule has 1 aliphatic rings. The molecule has 0 bridgehead atoms. The maximum atomic E-state index is 12.7. The van der Waals surface area contributed by atoms with E-state index in [1.807, 2.05) is 18.4 Å². The van der Waals surface area contributed by atoms with Crippen molar-refractivity contribution in [2.75, 3.05) is 12.8 Å². The number of aliphatic hydroxyl groups excluding tert-OH is 1. The van der Waals surface area contributed by atoms with Crippen LogP contribution in [0.1, 0.15) is 19.3 Å². The third kappa shape index (κ3) is 4.24. The van der Waals surface area contributed by atoms with Crippen LogP contribution in [0.5, 0.6) is 0 Å². The van der Waals surface area contributed by atoms with Crippen molar-refractivity contribution in [3.8, 4) is 0 Å². The molecule has 134 valence electrons. The highest BCUT2D eigenvalue weighted by atomic mass is 127. The van der Waals surface area contributed by atoms with Crippen LogP contribution < -0.4 is 10.9 Å². The normalized spacial score (nSPS) is 20.8. The second-order valence-electron chi connectivity index (χ2n) is 6.19. The monoisotopic (exact) mass is 473 g/mol. The Kier molecular flexibility index (Phi) is 6.13. The van der Waals surface area contributed by atoms with Gasteiger partial charge in [-0.1, -0.05) is 0 Å². The standard InChI is InChI=1S/C17H20IN3O3S/c1-25-16-6-11-13(7-12(16)18)20-9-21(17(11)24)8-10(22)5-14-15(23)3-2-4-19-14/h6-7,9,14-15,19,23H,2-5,8H2,1H3/t14-,15+/m1/s1. The molecule has 0 amide bonds. The van der Waals surface area contributed by atoms with Crippen molar-refractivity contribution in [2.45, 2.75) is 42.8 Å². The quantitative estimate of drug-likeness (QED) is 0.509. The minimum absolute atomic E-state index is 0.0206. The summed E-state index contributed by atoms with van der Waals surface area (Å²) in [6.07, 6.45) is 4.73. The molecule has 2 aromatic rings. The molecule has 1 saturated heterocycles. The zero-order chi connectivity index (χ0) is 18.0. The molecule has 1 aliphatic heterocycles. The molecule has 0 aliphatic carbocycles. The van der Waals surface area contributed by atoms with Gasteiger partial charge in [-0.25, -0.2) is 4.98 Å². The molecule has 8 heteroatoms. The maximum absolute atomic E-state index is 12.7. The van der Waals surface area contributed by atoms with Gasteiger partial charge in [0.05, 0.1) is 29.9 Å². The lowest BCUT2D eigenvalue weighted by Crippen LogP contribution is -2.46. The Morgan fingerprint density at radius 1 is 1.52 bits per heavy atom. The minimum Gasteiger partial charge on any atom is -0.391 e. The summed E-state index contributed by atoms with van der Waals surface area (Å²) in [7, 11) is 0. The number of halogens is 1. The molecule has 3 rings (SSSR count). The second kappa shape index (κ2) is 8.15. The zero-order valence-electron chi connectivity index (χ0n) is 13.9. The summed E-state index contributed by atoms with van der Waals surface area (Å²) in [5.74, 6) is -0.0858. The third-order valence-corrected chi connectivity index (χ3v) is 6.48. The number of fused-ring (bicyclic) bond motifs is 1. The lowest BCUT2D eigenvalue weighted by Gasteiger charge is -2.28. The minimum atomic E-state index is -0.504. The van der Waals surface area contributed by atoms with E-state index >= 15 is 0 Å². The second-order valence-corrected chi connectivity index (χ2v) is 8.20. The molecule has 2 atom stereocenters. The first-order valence-corrected chi connectivity index (χ1v) is 10.5. The fourth-order valence-corrected chi connectivity index (χ4v) is 4.67. The van der Waals surface area contributed by atoms with Crippen LogP contribution in [-0.2, 0) is 11.3 Å². The molecule has 25 heavy (non-hydrogen) atoms. The average Bonchev–Trinajstić information content (AvgIpc) is 2.59. The van der Waals surface area contributed by atoms with Gasteiger partial charge in [-0.2, -0.15) is 0 Å². The van der Waals surface area contributed by atoms with E-state index in [1.165, 1.54) is 10.9 Å². The fraction of sp³-hybridized carbons (Fsp3) is 0.471. The Morgan fingerprint density at radius 2 is 2.32 bits per heavy atom. The van der Waals surface area contributed by atoms with Crippen molar-refractivity contribution in [1.82, 2.24) is 14.9 Å². The number of nitrogens with one attached hydrogen (secondary N) is 1. The third-order valence-electron chi connectivity index (χ3n) is 4.44. The van der Waals surface area contributed by atoms with E-state index in [2.05, 4.69) is 32.9 Å². The Bertz CT molecular complexity index is 855. The first-order valence-electron chi connectivity index (χ1n) is 8.15. The molecule has 0 spiro atoms. The Balaban J connectivity index is 1.81. The van der Waals surface area contributed by atoms with Crippen LogP contribution in [0.3, 0.4) is 0 Å². The average molecular weight is 473 g/mol. The lowest BCUT2D eigenvalue weighted by molar-refractivity contribution is -0.121. The van der Waals surface area contributed by atoms with Crippen molar-refractivity contribution < 1.29 is 9.90 Å². The highest BCUT2D eigenvalue weighted by Crippen LogP contribution is 2.25. The molecule has 1 aromatic heterocycles. The van der Waals surface area contributed by atoms with Gasteiger partial charge < -0.3 is 10.4 Å². The predicted octanol–water partition coefficient (Wildman–Crippen LogP) is 1.80. The Hall–Kier alpha value is -0.970. The Labute approximate surface area is 163 Å². The Morgan fingerprint density at radius 3 is 3.04 bits per heavy atom. The number of Topliss-reactive ketones (excluding diaryl/α,β-unsaturated/α-hetero) is 1. The number of benzene rings is 1. The number of aromatic nitrogens is 2. The SMILES string of the molecule is CSc1cc2c(=O)n(CC(=O)C[C@H]3NCCC[C@@H]3O)cnc2cc1I. The molecule has 2 N–H and O–H groups in total. The van der Waals surface area contributed by atoms with E-state index in [0.29, 0.717) is 17.3 Å². The number of ketones is 1. The van der Waals surface area contributed by atoms with Gasteiger partial charge in [0.2, 0.25) is 0 Å². The molecule has 0 unspecified atom stereocenters. The van der Waals surface area contributed by atoms with Gasteiger partial charge in [0, 0.05) is 20.9 Å². The molecule has 2 heterocycles. The van der Waals surface area contributed by atoms with E-state index in [9.17, 15) is 14.7 Å². The van der Waals surface area contributed by atoms with Crippen molar-refractivity contribution in [1.29, 1.82) is 0 Å². The van der Waals surface area contributed by atoms with Gasteiger partial charge in [0.1, 0.15) is 0 Å². The predicted molar refractivity (Wildman–Crippen MR) is 107 cm³/mol. The molecule has 0 radical (unpaired) electrons. The summed E-state index contributed by atoms with van der Waals surface area (Å²) >= 11 is 3.80. The number of carbonyl (C=O) groups is 1. The number of hydrogen-bond donors (Lipinski definition) is 2. The van der Waals surface area contributed by atoms with Crippen molar-refractivity contribution >= 4 is 51.0 Å².